The number of ether oxygens (including phenoxy) is 1. The van der Waals surface area contributed by atoms with E-state index in [4.69, 9.17) is 4.74 Å². The molecular weight excluding hydrogens is 204 g/mol. The molecule has 16 heavy (non-hydrogen) atoms. The number of hydrogen-bond acceptors (Lipinski definition) is 2. The first-order valence-corrected chi connectivity index (χ1v) is 5.35. The first-order chi connectivity index (χ1) is 7.66. The SMILES string of the molecule is COCn1c(=O)n(C(C)C)c2ccccc21. The molecule has 0 aliphatic carbocycles. The van der Waals surface area contributed by atoms with E-state index in [-0.39, 0.29) is 11.7 Å². The van der Waals surface area contributed by atoms with Gasteiger partial charge in [0, 0.05) is 13.2 Å². The monoisotopic (exact) mass is 220 g/mol. The van der Waals surface area contributed by atoms with Gasteiger partial charge in [0.15, 0.2) is 0 Å². The molecule has 0 aliphatic heterocycles. The number of aromatic nitrogens is 2. The van der Waals surface area contributed by atoms with Gasteiger partial charge in [0.25, 0.3) is 0 Å². The van der Waals surface area contributed by atoms with Gasteiger partial charge in [0.1, 0.15) is 6.73 Å². The normalized spacial score (nSPS) is 11.5. The van der Waals surface area contributed by atoms with Crippen molar-refractivity contribution in [2.45, 2.75) is 26.6 Å². The molecule has 0 spiro atoms. The van der Waals surface area contributed by atoms with Crippen molar-refractivity contribution in [1.82, 2.24) is 9.13 Å². The highest BCUT2D eigenvalue weighted by Crippen LogP contribution is 2.16. The summed E-state index contributed by atoms with van der Waals surface area (Å²) in [6.45, 7) is 4.30. The summed E-state index contributed by atoms with van der Waals surface area (Å²) in [5.74, 6) is 0. The van der Waals surface area contributed by atoms with E-state index >= 15 is 0 Å². The zero-order valence-electron chi connectivity index (χ0n) is 9.80. The first kappa shape index (κ1) is 11.0. The molecule has 0 unspecified atom stereocenters. The zero-order valence-corrected chi connectivity index (χ0v) is 9.80. The van der Waals surface area contributed by atoms with Crippen LogP contribution in [-0.2, 0) is 11.5 Å². The van der Waals surface area contributed by atoms with Crippen LogP contribution in [0.2, 0.25) is 0 Å². The van der Waals surface area contributed by atoms with Crippen LogP contribution in [0.4, 0.5) is 0 Å². The topological polar surface area (TPSA) is 36.2 Å². The lowest BCUT2D eigenvalue weighted by Gasteiger charge is -2.05. The molecule has 0 radical (unpaired) electrons. The third-order valence-corrected chi connectivity index (χ3v) is 2.64. The van der Waals surface area contributed by atoms with Gasteiger partial charge < -0.3 is 4.74 Å². The summed E-state index contributed by atoms with van der Waals surface area (Å²) >= 11 is 0. The average molecular weight is 220 g/mol. The predicted molar refractivity (Wildman–Crippen MR) is 63.6 cm³/mol. The minimum Gasteiger partial charge on any atom is -0.364 e. The number of hydrogen-bond donors (Lipinski definition) is 0. The lowest BCUT2D eigenvalue weighted by atomic mass is 10.3. The van der Waals surface area contributed by atoms with E-state index in [9.17, 15) is 4.79 Å². The fourth-order valence-electron chi connectivity index (χ4n) is 1.99. The molecule has 1 aromatic carbocycles. The van der Waals surface area contributed by atoms with Crippen molar-refractivity contribution in [3.8, 4) is 0 Å². The van der Waals surface area contributed by atoms with Gasteiger partial charge in [0.2, 0.25) is 0 Å². The molecule has 0 fully saturated rings. The molecule has 4 heteroatoms. The average Bonchev–Trinajstić information content (AvgIpc) is 2.53. The number of fused-ring (bicyclic) bond motifs is 1. The van der Waals surface area contributed by atoms with Gasteiger partial charge in [-0.25, -0.2) is 4.79 Å². The van der Waals surface area contributed by atoms with Crippen LogP contribution in [0.1, 0.15) is 19.9 Å². The summed E-state index contributed by atoms with van der Waals surface area (Å²) in [6.07, 6.45) is 0. The smallest absolute Gasteiger partial charge is 0.331 e. The largest absolute Gasteiger partial charge is 0.364 e. The molecule has 0 amide bonds. The van der Waals surface area contributed by atoms with Gasteiger partial charge in [-0.2, -0.15) is 0 Å². The van der Waals surface area contributed by atoms with Crippen LogP contribution in [-0.4, -0.2) is 16.2 Å². The second-order valence-electron chi connectivity index (χ2n) is 4.08. The minimum atomic E-state index is -0.0157. The number of para-hydroxylation sites is 2. The quantitative estimate of drug-likeness (QED) is 0.793. The highest BCUT2D eigenvalue weighted by molar-refractivity contribution is 5.76. The van der Waals surface area contributed by atoms with Crippen molar-refractivity contribution in [3.63, 3.8) is 0 Å². The first-order valence-electron chi connectivity index (χ1n) is 5.35. The molecule has 2 aromatic rings. The highest BCUT2D eigenvalue weighted by Gasteiger charge is 2.13. The molecule has 0 saturated carbocycles. The number of rotatable bonds is 3. The molecular formula is C12H16N2O2. The molecule has 86 valence electrons. The Morgan fingerprint density at radius 2 is 1.88 bits per heavy atom. The van der Waals surface area contributed by atoms with Gasteiger partial charge in [-0.1, -0.05) is 12.1 Å². The summed E-state index contributed by atoms with van der Waals surface area (Å²) in [7, 11) is 1.59. The Morgan fingerprint density at radius 3 is 2.44 bits per heavy atom. The van der Waals surface area contributed by atoms with Crippen molar-refractivity contribution in [1.29, 1.82) is 0 Å². The van der Waals surface area contributed by atoms with Crippen LogP contribution in [0.15, 0.2) is 29.1 Å². The van der Waals surface area contributed by atoms with E-state index in [1.165, 1.54) is 0 Å². The Hall–Kier alpha value is -1.55. The fraction of sp³-hybridized carbons (Fsp3) is 0.417. The Kier molecular flexibility index (Phi) is 2.83. The van der Waals surface area contributed by atoms with Crippen molar-refractivity contribution >= 4 is 11.0 Å². The second-order valence-corrected chi connectivity index (χ2v) is 4.08. The van der Waals surface area contributed by atoms with Gasteiger partial charge in [-0.05, 0) is 26.0 Å². The molecule has 2 rings (SSSR count). The zero-order chi connectivity index (χ0) is 11.7. The number of imidazole rings is 1. The van der Waals surface area contributed by atoms with Crippen LogP contribution in [0.25, 0.3) is 11.0 Å². The van der Waals surface area contributed by atoms with E-state index in [1.54, 1.807) is 16.2 Å². The van der Waals surface area contributed by atoms with Crippen LogP contribution >= 0.6 is 0 Å². The number of methoxy groups -OCH3 is 1. The maximum Gasteiger partial charge on any atom is 0.331 e. The van der Waals surface area contributed by atoms with Crippen LogP contribution < -0.4 is 5.69 Å². The predicted octanol–water partition coefficient (Wildman–Crippen LogP) is 1.99. The Bertz CT molecular complexity index is 552. The van der Waals surface area contributed by atoms with Crippen LogP contribution in [0.5, 0.6) is 0 Å². The molecule has 0 bridgehead atoms. The fourth-order valence-corrected chi connectivity index (χ4v) is 1.99. The van der Waals surface area contributed by atoms with Crippen LogP contribution in [0.3, 0.4) is 0 Å². The molecule has 0 saturated heterocycles. The van der Waals surface area contributed by atoms with Gasteiger partial charge in [-0.15, -0.1) is 0 Å². The summed E-state index contributed by atoms with van der Waals surface area (Å²) in [5, 5.41) is 0. The minimum absolute atomic E-state index is 0.0157. The Balaban J connectivity index is 2.80. The Labute approximate surface area is 94.1 Å². The van der Waals surface area contributed by atoms with E-state index < -0.39 is 0 Å². The molecule has 1 heterocycles. The third-order valence-electron chi connectivity index (χ3n) is 2.64. The number of nitrogens with zero attached hydrogens (tertiary/aromatic N) is 2. The second kappa shape index (κ2) is 4.14. The Morgan fingerprint density at radius 1 is 1.25 bits per heavy atom. The standard InChI is InChI=1S/C12H16N2O2/c1-9(2)14-11-7-5-4-6-10(11)13(8-16-3)12(14)15/h4-7,9H,8H2,1-3H3. The highest BCUT2D eigenvalue weighted by atomic mass is 16.5. The molecule has 0 atom stereocenters. The van der Waals surface area contributed by atoms with Gasteiger partial charge in [0.05, 0.1) is 11.0 Å². The van der Waals surface area contributed by atoms with Crippen molar-refractivity contribution in [2.24, 2.45) is 0 Å². The lowest BCUT2D eigenvalue weighted by molar-refractivity contribution is 0.131. The van der Waals surface area contributed by atoms with E-state index in [0.717, 1.165) is 11.0 Å². The third kappa shape index (κ3) is 1.55. The number of benzene rings is 1. The lowest BCUT2D eigenvalue weighted by Crippen LogP contribution is -2.26. The molecule has 1 aromatic heterocycles. The maximum absolute atomic E-state index is 12.2. The van der Waals surface area contributed by atoms with Crippen molar-refractivity contribution < 1.29 is 4.74 Å². The summed E-state index contributed by atoms with van der Waals surface area (Å²) < 4.78 is 8.49. The van der Waals surface area contributed by atoms with E-state index in [2.05, 4.69) is 0 Å². The van der Waals surface area contributed by atoms with Crippen molar-refractivity contribution in [3.05, 3.63) is 34.7 Å². The van der Waals surface area contributed by atoms with Crippen molar-refractivity contribution in [2.75, 3.05) is 7.11 Å². The van der Waals surface area contributed by atoms with Gasteiger partial charge in [-0.3, -0.25) is 9.13 Å². The maximum atomic E-state index is 12.2. The summed E-state index contributed by atoms with van der Waals surface area (Å²) in [4.78, 5) is 12.2. The molecule has 0 aliphatic rings. The van der Waals surface area contributed by atoms with E-state index in [1.807, 2.05) is 38.1 Å². The molecule has 4 nitrogen and oxygen atoms in total. The summed E-state index contributed by atoms with van der Waals surface area (Å²) in [5.41, 5.74) is 1.86. The summed E-state index contributed by atoms with van der Waals surface area (Å²) in [6, 6.07) is 7.92. The van der Waals surface area contributed by atoms with Crippen LogP contribution in [0, 0.1) is 0 Å². The van der Waals surface area contributed by atoms with E-state index in [0.29, 0.717) is 6.73 Å². The molecule has 0 N–H and O–H groups in total. The van der Waals surface area contributed by atoms with Gasteiger partial charge >= 0.3 is 5.69 Å².